The van der Waals surface area contributed by atoms with Crippen molar-refractivity contribution in [3.05, 3.63) is 29.6 Å². The summed E-state index contributed by atoms with van der Waals surface area (Å²) in [5, 5.41) is 12.4. The van der Waals surface area contributed by atoms with Gasteiger partial charge in [-0.2, -0.15) is 0 Å². The molecule has 1 rings (SSSR count). The number of halogens is 3. The van der Waals surface area contributed by atoms with Crippen LogP contribution in [0.2, 0.25) is 0 Å². The Balaban J connectivity index is 2.97. The summed E-state index contributed by atoms with van der Waals surface area (Å²) >= 11 is 0. The maximum Gasteiger partial charge on any atom is 0.196 e. The van der Waals surface area contributed by atoms with Crippen LogP contribution in [0.25, 0.3) is 0 Å². The van der Waals surface area contributed by atoms with E-state index in [-0.39, 0.29) is 0 Å². The molecule has 15 heavy (non-hydrogen) atoms. The molecule has 1 N–H and O–H groups in total. The van der Waals surface area contributed by atoms with Crippen LogP contribution in [0.4, 0.5) is 18.9 Å². The van der Waals surface area contributed by atoms with Crippen molar-refractivity contribution in [3.8, 4) is 0 Å². The number of carboxylic acid groups (broad SMARTS) is 1. The Morgan fingerprint density at radius 1 is 1.33 bits per heavy atom. The molecule has 0 aliphatic rings. The molecule has 6 heteroatoms. The third-order valence-electron chi connectivity index (χ3n) is 1.76. The molecule has 82 valence electrons. The lowest BCUT2D eigenvalue weighted by Crippen LogP contribution is -2.38. The molecule has 0 amide bonds. The van der Waals surface area contributed by atoms with Gasteiger partial charge in [-0.3, -0.25) is 0 Å². The van der Waals surface area contributed by atoms with E-state index in [2.05, 4.69) is 5.32 Å². The molecule has 0 heterocycles. The summed E-state index contributed by atoms with van der Waals surface area (Å²) in [5.74, 6) is -5.91. The molecule has 0 aliphatic heterocycles. The zero-order chi connectivity index (χ0) is 11.6. The minimum absolute atomic E-state index is 0.425. The molecule has 1 aromatic rings. The van der Waals surface area contributed by atoms with E-state index in [0.717, 1.165) is 6.07 Å². The highest BCUT2D eigenvalue weighted by Crippen LogP contribution is 2.20. The first-order valence-corrected chi connectivity index (χ1v) is 4.04. The van der Waals surface area contributed by atoms with Crippen molar-refractivity contribution in [2.24, 2.45) is 0 Å². The Kier molecular flexibility index (Phi) is 3.18. The van der Waals surface area contributed by atoms with Crippen molar-refractivity contribution in [3.63, 3.8) is 0 Å². The minimum Gasteiger partial charge on any atom is -0.548 e. The number of carbonyl (C=O) groups excluding carboxylic acids is 1. The van der Waals surface area contributed by atoms with Crippen LogP contribution in [0, 0.1) is 17.5 Å². The molecule has 0 unspecified atom stereocenters. The first-order chi connectivity index (χ1) is 6.93. The van der Waals surface area contributed by atoms with Crippen molar-refractivity contribution in [1.82, 2.24) is 0 Å². The van der Waals surface area contributed by atoms with Crippen LogP contribution in [0.15, 0.2) is 12.1 Å². The third-order valence-corrected chi connectivity index (χ3v) is 1.76. The quantitative estimate of drug-likeness (QED) is 0.758. The Morgan fingerprint density at radius 2 is 1.93 bits per heavy atom. The lowest BCUT2D eigenvalue weighted by molar-refractivity contribution is -0.306. The van der Waals surface area contributed by atoms with E-state index in [4.69, 9.17) is 0 Å². The summed E-state index contributed by atoms with van der Waals surface area (Å²) < 4.78 is 38.2. The highest BCUT2D eigenvalue weighted by atomic mass is 19.2. The van der Waals surface area contributed by atoms with Crippen LogP contribution in [0.1, 0.15) is 6.92 Å². The number of hydrogen-bond donors (Lipinski definition) is 1. The van der Waals surface area contributed by atoms with Gasteiger partial charge in [0.1, 0.15) is 0 Å². The molecule has 0 saturated heterocycles. The van der Waals surface area contributed by atoms with Crippen LogP contribution in [0.5, 0.6) is 0 Å². The molecule has 0 saturated carbocycles. The average molecular weight is 218 g/mol. The number of hydrogen-bond acceptors (Lipinski definition) is 3. The van der Waals surface area contributed by atoms with Gasteiger partial charge >= 0.3 is 0 Å². The van der Waals surface area contributed by atoms with Gasteiger partial charge < -0.3 is 15.2 Å². The highest BCUT2D eigenvalue weighted by Gasteiger charge is 2.14. The fourth-order valence-electron chi connectivity index (χ4n) is 0.930. The molecule has 3 nitrogen and oxygen atoms in total. The fourth-order valence-corrected chi connectivity index (χ4v) is 0.930. The maximum atomic E-state index is 13.0. The van der Waals surface area contributed by atoms with Crippen LogP contribution in [0.3, 0.4) is 0 Å². The minimum atomic E-state index is -1.65. The number of benzene rings is 1. The summed E-state index contributed by atoms with van der Waals surface area (Å²) in [6.07, 6.45) is 0. The van der Waals surface area contributed by atoms with E-state index in [9.17, 15) is 23.1 Å². The second-order valence-electron chi connectivity index (χ2n) is 2.91. The van der Waals surface area contributed by atoms with Crippen LogP contribution in [-0.2, 0) is 4.79 Å². The summed E-state index contributed by atoms with van der Waals surface area (Å²) in [4.78, 5) is 10.3. The first-order valence-electron chi connectivity index (χ1n) is 4.04. The number of nitrogens with one attached hydrogen (secondary N) is 1. The van der Waals surface area contributed by atoms with Gasteiger partial charge in [-0.25, -0.2) is 13.2 Å². The average Bonchev–Trinajstić information content (AvgIpc) is 2.18. The molecule has 0 spiro atoms. The van der Waals surface area contributed by atoms with E-state index in [1.807, 2.05) is 0 Å². The standard InChI is InChI=1S/C9H8F3NO2/c1-4(9(14)15)13-6-3-2-5(10)7(11)8(6)12/h2-4,13H,1H3,(H,14,15)/p-1/t4-/m0/s1. The number of aliphatic carboxylic acids is 1. The third kappa shape index (κ3) is 2.39. The summed E-state index contributed by atoms with van der Waals surface area (Å²) in [6.45, 7) is 1.19. The predicted octanol–water partition coefficient (Wildman–Crippen LogP) is 0.654. The summed E-state index contributed by atoms with van der Waals surface area (Å²) in [7, 11) is 0. The highest BCUT2D eigenvalue weighted by molar-refractivity contribution is 5.74. The van der Waals surface area contributed by atoms with Crippen molar-refractivity contribution in [1.29, 1.82) is 0 Å². The van der Waals surface area contributed by atoms with Gasteiger partial charge in [0.05, 0.1) is 17.7 Å². The van der Waals surface area contributed by atoms with E-state index >= 15 is 0 Å². The normalized spacial score (nSPS) is 12.3. The van der Waals surface area contributed by atoms with E-state index in [1.165, 1.54) is 6.92 Å². The van der Waals surface area contributed by atoms with Crippen molar-refractivity contribution >= 4 is 11.7 Å². The molecule has 1 atom stereocenters. The number of rotatable bonds is 3. The molecular weight excluding hydrogens is 211 g/mol. The zero-order valence-corrected chi connectivity index (χ0v) is 7.68. The van der Waals surface area contributed by atoms with Gasteiger partial charge in [-0.05, 0) is 19.1 Å². The van der Waals surface area contributed by atoms with Gasteiger partial charge in [0.2, 0.25) is 0 Å². The molecule has 0 fully saturated rings. The number of carboxylic acids is 1. The van der Waals surface area contributed by atoms with Crippen LogP contribution >= 0.6 is 0 Å². The van der Waals surface area contributed by atoms with E-state index in [0.29, 0.717) is 6.07 Å². The summed E-state index contributed by atoms with van der Waals surface area (Å²) in [5.41, 5.74) is -0.425. The predicted molar refractivity (Wildman–Crippen MR) is 44.4 cm³/mol. The van der Waals surface area contributed by atoms with Crippen molar-refractivity contribution in [2.75, 3.05) is 5.32 Å². The molecule has 0 radical (unpaired) electrons. The van der Waals surface area contributed by atoms with Gasteiger partial charge in [0, 0.05) is 0 Å². The van der Waals surface area contributed by atoms with Crippen LogP contribution < -0.4 is 10.4 Å². The lowest BCUT2D eigenvalue weighted by Gasteiger charge is -2.16. The van der Waals surface area contributed by atoms with Crippen LogP contribution in [-0.4, -0.2) is 12.0 Å². The van der Waals surface area contributed by atoms with Crippen molar-refractivity contribution in [2.45, 2.75) is 13.0 Å². The van der Waals surface area contributed by atoms with Gasteiger partial charge in [-0.15, -0.1) is 0 Å². The first kappa shape index (κ1) is 11.4. The van der Waals surface area contributed by atoms with Crippen molar-refractivity contribution < 1.29 is 23.1 Å². The largest absolute Gasteiger partial charge is 0.548 e. The Bertz CT molecular complexity index is 395. The second kappa shape index (κ2) is 4.20. The second-order valence-corrected chi connectivity index (χ2v) is 2.91. The molecule has 1 aromatic carbocycles. The zero-order valence-electron chi connectivity index (χ0n) is 7.68. The maximum absolute atomic E-state index is 13.0. The SMILES string of the molecule is C[C@H](Nc1ccc(F)c(F)c1F)C(=O)[O-]. The Morgan fingerprint density at radius 3 is 2.47 bits per heavy atom. The monoisotopic (exact) mass is 218 g/mol. The van der Waals surface area contributed by atoms with E-state index in [1.54, 1.807) is 0 Å². The number of carbonyl (C=O) groups is 1. The number of anilines is 1. The Hall–Kier alpha value is -1.72. The van der Waals surface area contributed by atoms with E-state index < -0.39 is 35.2 Å². The smallest absolute Gasteiger partial charge is 0.196 e. The molecule has 0 aromatic heterocycles. The summed E-state index contributed by atoms with van der Waals surface area (Å²) in [6, 6.07) is 0.403. The molecule has 0 aliphatic carbocycles. The van der Waals surface area contributed by atoms with Gasteiger partial charge in [0.25, 0.3) is 0 Å². The Labute approximate surface area is 83.5 Å². The van der Waals surface area contributed by atoms with Gasteiger partial charge in [0.15, 0.2) is 17.5 Å². The fraction of sp³-hybridized carbons (Fsp3) is 0.222. The lowest BCUT2D eigenvalue weighted by atomic mass is 10.2. The van der Waals surface area contributed by atoms with Gasteiger partial charge in [-0.1, -0.05) is 0 Å². The topological polar surface area (TPSA) is 52.2 Å². The molecular formula is C9H7F3NO2-. The molecule has 0 bridgehead atoms.